The van der Waals surface area contributed by atoms with E-state index in [1.165, 1.54) is 0 Å². The van der Waals surface area contributed by atoms with Gasteiger partial charge >= 0.3 is 5.97 Å². The summed E-state index contributed by atoms with van der Waals surface area (Å²) in [5.41, 5.74) is 1.94. The van der Waals surface area contributed by atoms with Crippen LogP contribution in [0.25, 0.3) is 0 Å². The Bertz CT molecular complexity index is 483. The van der Waals surface area contributed by atoms with Crippen molar-refractivity contribution < 1.29 is 9.53 Å². The Balaban J connectivity index is 2.32. The molecule has 0 aliphatic carbocycles. The summed E-state index contributed by atoms with van der Waals surface area (Å²) in [6, 6.07) is 19.5. The second kappa shape index (κ2) is 6.53. The molecule has 1 atom stereocenters. The van der Waals surface area contributed by atoms with Crippen molar-refractivity contribution in [3.05, 3.63) is 71.8 Å². The molecule has 0 unspecified atom stereocenters. The molecule has 0 bridgehead atoms. The van der Waals surface area contributed by atoms with Crippen LogP contribution >= 0.6 is 15.9 Å². The standard InChI is InChI=1S/C16H15BrO2/c1-12(17)16(18)19-15(13-8-4-2-5-9-13)14-10-6-3-7-11-14/h2-12,15H,1H3/t12-/m0/s1. The first kappa shape index (κ1) is 13.8. The molecule has 0 saturated carbocycles. The van der Waals surface area contributed by atoms with E-state index in [1.807, 2.05) is 60.7 Å². The van der Waals surface area contributed by atoms with Gasteiger partial charge in [0.2, 0.25) is 0 Å². The largest absolute Gasteiger partial charge is 0.452 e. The molecule has 0 radical (unpaired) electrons. The highest BCUT2D eigenvalue weighted by Gasteiger charge is 2.20. The second-order valence-corrected chi connectivity index (χ2v) is 5.63. The molecule has 0 saturated heterocycles. The van der Waals surface area contributed by atoms with E-state index >= 15 is 0 Å². The summed E-state index contributed by atoms with van der Waals surface area (Å²) in [6.07, 6.45) is -0.366. The maximum atomic E-state index is 11.8. The van der Waals surface area contributed by atoms with Crippen molar-refractivity contribution >= 4 is 21.9 Å². The molecule has 2 aromatic rings. The Kier molecular flexibility index (Phi) is 4.74. The summed E-state index contributed by atoms with van der Waals surface area (Å²) in [7, 11) is 0. The van der Waals surface area contributed by atoms with Crippen molar-refractivity contribution in [2.24, 2.45) is 0 Å². The second-order valence-electron chi connectivity index (χ2n) is 4.25. The number of hydrogen-bond acceptors (Lipinski definition) is 2. The molecule has 98 valence electrons. The van der Waals surface area contributed by atoms with Gasteiger partial charge in [0.25, 0.3) is 0 Å². The van der Waals surface area contributed by atoms with Crippen LogP contribution in [0.1, 0.15) is 24.2 Å². The van der Waals surface area contributed by atoms with Crippen molar-refractivity contribution in [2.75, 3.05) is 0 Å². The molecule has 0 N–H and O–H groups in total. The minimum Gasteiger partial charge on any atom is -0.452 e. The number of halogens is 1. The van der Waals surface area contributed by atoms with Gasteiger partial charge in [-0.3, -0.25) is 4.79 Å². The van der Waals surface area contributed by atoms with Crippen LogP contribution in [0.3, 0.4) is 0 Å². The highest BCUT2D eigenvalue weighted by molar-refractivity contribution is 9.10. The van der Waals surface area contributed by atoms with Gasteiger partial charge in [-0.1, -0.05) is 76.6 Å². The van der Waals surface area contributed by atoms with E-state index in [4.69, 9.17) is 4.74 Å². The van der Waals surface area contributed by atoms with Gasteiger partial charge in [0.15, 0.2) is 6.10 Å². The quantitative estimate of drug-likeness (QED) is 0.626. The van der Waals surface area contributed by atoms with Crippen LogP contribution in [-0.2, 0) is 9.53 Å². The van der Waals surface area contributed by atoms with Crippen molar-refractivity contribution in [1.82, 2.24) is 0 Å². The Morgan fingerprint density at radius 3 is 1.74 bits per heavy atom. The van der Waals surface area contributed by atoms with E-state index in [9.17, 15) is 4.79 Å². The molecule has 0 aliphatic heterocycles. The smallest absolute Gasteiger partial charge is 0.320 e. The van der Waals surface area contributed by atoms with Gasteiger partial charge in [0.1, 0.15) is 4.83 Å². The van der Waals surface area contributed by atoms with Gasteiger partial charge in [-0.05, 0) is 18.1 Å². The molecule has 19 heavy (non-hydrogen) atoms. The lowest BCUT2D eigenvalue weighted by Crippen LogP contribution is -2.18. The minimum atomic E-state index is -0.366. The van der Waals surface area contributed by atoms with E-state index in [2.05, 4.69) is 15.9 Å². The number of rotatable bonds is 4. The van der Waals surface area contributed by atoms with Crippen LogP contribution in [-0.4, -0.2) is 10.8 Å². The lowest BCUT2D eigenvalue weighted by Gasteiger charge is -2.19. The lowest BCUT2D eigenvalue weighted by molar-refractivity contribution is -0.146. The SMILES string of the molecule is C[C@H](Br)C(=O)OC(c1ccccc1)c1ccccc1. The number of hydrogen-bond donors (Lipinski definition) is 0. The van der Waals surface area contributed by atoms with E-state index in [0.29, 0.717) is 0 Å². The number of carbonyl (C=O) groups is 1. The van der Waals surface area contributed by atoms with Gasteiger partial charge in [-0.25, -0.2) is 0 Å². The van der Waals surface area contributed by atoms with Crippen molar-refractivity contribution in [1.29, 1.82) is 0 Å². The normalized spacial score (nSPS) is 12.2. The number of ether oxygens (including phenoxy) is 1. The number of benzene rings is 2. The van der Waals surface area contributed by atoms with E-state index < -0.39 is 0 Å². The fourth-order valence-electron chi connectivity index (χ4n) is 1.79. The Hall–Kier alpha value is -1.61. The minimum absolute atomic E-state index is 0.266. The zero-order chi connectivity index (χ0) is 13.7. The Labute approximate surface area is 121 Å². The molecular formula is C16H15BrO2. The third-order valence-electron chi connectivity index (χ3n) is 2.76. The van der Waals surface area contributed by atoms with Crippen LogP contribution < -0.4 is 0 Å². The molecule has 0 aromatic heterocycles. The Morgan fingerprint density at radius 2 is 1.37 bits per heavy atom. The predicted octanol–water partition coefficient (Wildman–Crippen LogP) is 4.10. The van der Waals surface area contributed by atoms with Crippen LogP contribution in [0.5, 0.6) is 0 Å². The zero-order valence-electron chi connectivity index (χ0n) is 10.6. The molecule has 0 heterocycles. The van der Waals surface area contributed by atoms with Crippen molar-refractivity contribution in [3.63, 3.8) is 0 Å². The summed E-state index contributed by atoms with van der Waals surface area (Å²) in [4.78, 5) is 11.5. The monoisotopic (exact) mass is 318 g/mol. The van der Waals surface area contributed by atoms with Gasteiger partial charge < -0.3 is 4.74 Å². The fraction of sp³-hybridized carbons (Fsp3) is 0.188. The third-order valence-corrected chi connectivity index (χ3v) is 3.14. The van der Waals surface area contributed by atoms with Crippen LogP contribution in [0.4, 0.5) is 0 Å². The third kappa shape index (κ3) is 3.67. The maximum Gasteiger partial charge on any atom is 0.320 e. The molecule has 0 aliphatic rings. The van der Waals surface area contributed by atoms with Gasteiger partial charge in [-0.15, -0.1) is 0 Å². The maximum absolute atomic E-state index is 11.8. The molecule has 0 spiro atoms. The highest BCUT2D eigenvalue weighted by Crippen LogP contribution is 2.26. The highest BCUT2D eigenvalue weighted by atomic mass is 79.9. The number of carbonyl (C=O) groups excluding carboxylic acids is 1. The van der Waals surface area contributed by atoms with E-state index in [-0.39, 0.29) is 16.9 Å². The Morgan fingerprint density at radius 1 is 0.947 bits per heavy atom. The first-order valence-electron chi connectivity index (χ1n) is 6.13. The molecule has 0 amide bonds. The van der Waals surface area contributed by atoms with Gasteiger partial charge in [0.05, 0.1) is 0 Å². The van der Waals surface area contributed by atoms with Crippen LogP contribution in [0, 0.1) is 0 Å². The molecule has 3 heteroatoms. The van der Waals surface area contributed by atoms with Crippen molar-refractivity contribution in [3.8, 4) is 0 Å². The molecule has 2 nitrogen and oxygen atoms in total. The molecule has 2 rings (SSSR count). The van der Waals surface area contributed by atoms with Crippen LogP contribution in [0.2, 0.25) is 0 Å². The van der Waals surface area contributed by atoms with Gasteiger partial charge in [-0.2, -0.15) is 0 Å². The molecule has 2 aromatic carbocycles. The topological polar surface area (TPSA) is 26.3 Å². The van der Waals surface area contributed by atoms with E-state index in [0.717, 1.165) is 11.1 Å². The van der Waals surface area contributed by atoms with Gasteiger partial charge in [0, 0.05) is 0 Å². The fourth-order valence-corrected chi connectivity index (χ4v) is 1.90. The first-order chi connectivity index (χ1) is 9.18. The predicted molar refractivity (Wildman–Crippen MR) is 79.2 cm³/mol. The summed E-state index contributed by atoms with van der Waals surface area (Å²) in [5.74, 6) is -0.266. The number of alkyl halides is 1. The molecule has 0 fully saturated rings. The summed E-state index contributed by atoms with van der Waals surface area (Å²) in [5, 5.41) is 0. The summed E-state index contributed by atoms with van der Waals surface area (Å²) >= 11 is 3.24. The summed E-state index contributed by atoms with van der Waals surface area (Å²) in [6.45, 7) is 1.76. The number of esters is 1. The first-order valence-corrected chi connectivity index (χ1v) is 7.04. The average Bonchev–Trinajstić information content (AvgIpc) is 2.46. The zero-order valence-corrected chi connectivity index (χ0v) is 12.2. The average molecular weight is 319 g/mol. The lowest BCUT2D eigenvalue weighted by atomic mass is 10.0. The van der Waals surface area contributed by atoms with Crippen molar-refractivity contribution in [2.45, 2.75) is 17.9 Å². The van der Waals surface area contributed by atoms with E-state index in [1.54, 1.807) is 6.92 Å². The summed E-state index contributed by atoms with van der Waals surface area (Å²) < 4.78 is 5.60. The molecular weight excluding hydrogens is 304 g/mol. The van der Waals surface area contributed by atoms with Crippen LogP contribution in [0.15, 0.2) is 60.7 Å².